The number of rotatable bonds is 5. The smallest absolute Gasteiger partial charge is 0.348 e. The van der Waals surface area contributed by atoms with Crippen molar-refractivity contribution in [3.05, 3.63) is 11.3 Å². The van der Waals surface area contributed by atoms with Crippen LogP contribution in [0.2, 0.25) is 0 Å². The number of nitrogens with zero attached hydrogens (tertiary/aromatic N) is 2. The van der Waals surface area contributed by atoms with E-state index in [1.54, 1.807) is 62.3 Å². The molecule has 8 heteroatoms. The third-order valence-corrected chi connectivity index (χ3v) is 7.01. The van der Waals surface area contributed by atoms with Crippen LogP contribution in [0, 0.1) is 27.1 Å². The number of likely N-dealkylation sites (tertiary alicyclic amines) is 1. The Kier molecular flexibility index (Phi) is 8.01. The summed E-state index contributed by atoms with van der Waals surface area (Å²) in [6, 6.07) is -0.573. The van der Waals surface area contributed by atoms with Crippen LogP contribution in [0.25, 0.3) is 0 Å². The maximum atomic E-state index is 14.6. The highest BCUT2D eigenvalue weighted by molar-refractivity contribution is 6.38. The van der Waals surface area contributed by atoms with Gasteiger partial charge in [0, 0.05) is 33.7 Å². The van der Waals surface area contributed by atoms with Gasteiger partial charge >= 0.3 is 5.97 Å². The van der Waals surface area contributed by atoms with Crippen LogP contribution < -0.4 is 0 Å². The summed E-state index contributed by atoms with van der Waals surface area (Å²) in [5.74, 6) is -4.11. The lowest BCUT2D eigenvalue weighted by Gasteiger charge is -2.63. The van der Waals surface area contributed by atoms with Crippen LogP contribution >= 0.6 is 0 Å². The van der Waals surface area contributed by atoms with E-state index in [4.69, 9.17) is 14.5 Å². The minimum Gasteiger partial charge on any atom is -0.452 e. The highest BCUT2D eigenvalue weighted by atomic mass is 16.7. The molecule has 0 N–H and O–H groups in total. The lowest BCUT2D eigenvalue weighted by molar-refractivity contribution is -0.306. The van der Waals surface area contributed by atoms with Crippen molar-refractivity contribution in [2.24, 2.45) is 32.1 Å². The van der Waals surface area contributed by atoms with Gasteiger partial charge in [0.2, 0.25) is 5.41 Å². The van der Waals surface area contributed by atoms with Gasteiger partial charge in [0.15, 0.2) is 11.6 Å². The molecule has 39 heavy (non-hydrogen) atoms. The standard InChI is InChI=1S/C31H50N2O6/c1-17(2)32-24-30(23(36)28(11,12)13,25(37)33(24)18(3)4)31(29(14,15)16)38-21(27(8,9)10)19(22(35)39-31)20(34)26(5,6)7/h17-18H,1-16H3/t30-,31-/m0/s1. The summed E-state index contributed by atoms with van der Waals surface area (Å²) in [6.45, 7) is 28.5. The third-order valence-electron chi connectivity index (χ3n) is 7.01. The molecule has 0 aromatic rings. The number of allylic oxidation sites excluding steroid dienone is 1. The zero-order chi connectivity index (χ0) is 30.9. The molecule has 1 amide bonds. The second-order valence-corrected chi connectivity index (χ2v) is 15.5. The molecule has 0 aliphatic carbocycles. The van der Waals surface area contributed by atoms with E-state index >= 15 is 0 Å². The largest absolute Gasteiger partial charge is 0.452 e. The number of hydrogen-bond donors (Lipinski definition) is 0. The molecule has 0 aromatic carbocycles. The SMILES string of the molecule is CC(C)N=C1N(C(C)C)C(=O)[C@@]1(C(=O)C(C)(C)C)[C@]1(C(C)(C)C)OC(=O)C(C(=O)C(C)(C)C)=C(C(C)(C)C)O1. The molecule has 0 spiro atoms. The molecule has 2 aliphatic rings. The maximum absolute atomic E-state index is 14.6. The van der Waals surface area contributed by atoms with E-state index in [2.05, 4.69) is 0 Å². The van der Waals surface area contributed by atoms with Gasteiger partial charge in [-0.1, -0.05) is 83.1 Å². The van der Waals surface area contributed by atoms with Crippen LogP contribution in [0.1, 0.15) is 111 Å². The van der Waals surface area contributed by atoms with Crippen LogP contribution in [0.15, 0.2) is 16.3 Å². The van der Waals surface area contributed by atoms with Crippen LogP contribution in [-0.4, -0.2) is 52.0 Å². The number of carbonyl (C=O) groups is 4. The number of aliphatic imine (C=N–C) groups is 1. The van der Waals surface area contributed by atoms with Crippen LogP contribution in [0.4, 0.5) is 0 Å². The first kappa shape index (κ1) is 32.7. The van der Waals surface area contributed by atoms with Crippen molar-refractivity contribution >= 4 is 29.3 Å². The predicted molar refractivity (Wildman–Crippen MR) is 152 cm³/mol. The van der Waals surface area contributed by atoms with Crippen molar-refractivity contribution in [3.8, 4) is 0 Å². The number of carbonyl (C=O) groups excluding carboxylic acids is 4. The van der Waals surface area contributed by atoms with E-state index in [9.17, 15) is 19.2 Å². The highest BCUT2D eigenvalue weighted by Crippen LogP contribution is 2.61. The van der Waals surface area contributed by atoms with Crippen molar-refractivity contribution < 1.29 is 28.7 Å². The number of Topliss-reactive ketones (excluding diaryl/α,β-unsaturated/α-hetero) is 2. The Hall–Kier alpha value is -2.51. The second kappa shape index (κ2) is 9.55. The first-order chi connectivity index (χ1) is 17.2. The van der Waals surface area contributed by atoms with Crippen molar-refractivity contribution in [1.29, 1.82) is 0 Å². The number of cyclic esters (lactones) is 1. The molecule has 0 bridgehead atoms. The van der Waals surface area contributed by atoms with Gasteiger partial charge < -0.3 is 9.47 Å². The van der Waals surface area contributed by atoms with Crippen LogP contribution in [0.5, 0.6) is 0 Å². The summed E-state index contributed by atoms with van der Waals surface area (Å²) in [6.07, 6.45) is 0. The van der Waals surface area contributed by atoms with Gasteiger partial charge in [0.25, 0.3) is 11.7 Å². The van der Waals surface area contributed by atoms with Gasteiger partial charge in [-0.05, 0) is 27.7 Å². The molecular formula is C31H50N2O6. The fraction of sp³-hybridized carbons (Fsp3) is 0.774. The molecule has 2 aliphatic heterocycles. The Balaban J connectivity index is 3.18. The number of ketones is 2. The molecule has 2 atom stereocenters. The zero-order valence-electron chi connectivity index (χ0n) is 27.0. The zero-order valence-corrected chi connectivity index (χ0v) is 27.0. The van der Waals surface area contributed by atoms with E-state index in [0.29, 0.717) is 0 Å². The van der Waals surface area contributed by atoms with Crippen molar-refractivity contribution in [2.45, 2.75) is 129 Å². The number of amidine groups is 1. The molecule has 1 fully saturated rings. The number of esters is 1. The summed E-state index contributed by atoms with van der Waals surface area (Å²) in [4.78, 5) is 63.0. The fourth-order valence-corrected chi connectivity index (χ4v) is 5.19. The van der Waals surface area contributed by atoms with E-state index in [1.165, 1.54) is 4.90 Å². The number of ether oxygens (including phenoxy) is 2. The average Bonchev–Trinajstić information content (AvgIpc) is 2.69. The van der Waals surface area contributed by atoms with Gasteiger partial charge in [-0.2, -0.15) is 0 Å². The van der Waals surface area contributed by atoms with Gasteiger partial charge in [0.1, 0.15) is 17.2 Å². The number of β-lactam (4-membered cyclic amide) rings is 1. The van der Waals surface area contributed by atoms with Crippen LogP contribution in [-0.2, 0) is 28.7 Å². The Labute approximate surface area is 235 Å². The average molecular weight is 547 g/mol. The minimum absolute atomic E-state index is 0.106. The summed E-state index contributed by atoms with van der Waals surface area (Å²) in [5, 5.41) is 0. The molecule has 1 saturated heterocycles. The normalized spacial score (nSPS) is 26.2. The van der Waals surface area contributed by atoms with Crippen molar-refractivity contribution in [2.75, 3.05) is 0 Å². The molecular weight excluding hydrogens is 496 g/mol. The highest BCUT2D eigenvalue weighted by Gasteiger charge is 2.83. The maximum Gasteiger partial charge on any atom is 0.348 e. The van der Waals surface area contributed by atoms with E-state index in [-0.39, 0.29) is 29.3 Å². The van der Waals surface area contributed by atoms with Crippen molar-refractivity contribution in [1.82, 2.24) is 4.90 Å². The summed E-state index contributed by atoms with van der Waals surface area (Å²) < 4.78 is 13.0. The molecule has 0 aromatic heterocycles. The Bertz CT molecular complexity index is 1130. The summed E-state index contributed by atoms with van der Waals surface area (Å²) in [7, 11) is 0. The topological polar surface area (TPSA) is 102 Å². The molecule has 220 valence electrons. The summed E-state index contributed by atoms with van der Waals surface area (Å²) in [5.41, 5.74) is -6.12. The lowest BCUT2D eigenvalue weighted by Crippen LogP contribution is -2.84. The number of amides is 1. The second-order valence-electron chi connectivity index (χ2n) is 15.5. The van der Waals surface area contributed by atoms with Gasteiger partial charge in [0.05, 0.1) is 0 Å². The van der Waals surface area contributed by atoms with E-state index in [1.807, 2.05) is 48.5 Å². The van der Waals surface area contributed by atoms with Gasteiger partial charge in [-0.3, -0.25) is 24.3 Å². The van der Waals surface area contributed by atoms with Gasteiger partial charge in [-0.15, -0.1) is 0 Å². The molecule has 0 saturated carbocycles. The Morgan fingerprint density at radius 1 is 0.795 bits per heavy atom. The first-order valence-corrected chi connectivity index (χ1v) is 13.9. The number of hydrogen-bond acceptors (Lipinski definition) is 7. The Morgan fingerprint density at radius 3 is 1.62 bits per heavy atom. The van der Waals surface area contributed by atoms with Crippen LogP contribution in [0.3, 0.4) is 0 Å². The lowest BCUT2D eigenvalue weighted by atomic mass is 9.54. The predicted octanol–water partition coefficient (Wildman–Crippen LogP) is 5.88. The molecule has 8 nitrogen and oxygen atoms in total. The minimum atomic E-state index is -2.11. The van der Waals surface area contributed by atoms with E-state index in [0.717, 1.165) is 0 Å². The molecule has 0 unspecified atom stereocenters. The molecule has 2 rings (SSSR count). The Morgan fingerprint density at radius 2 is 1.28 bits per heavy atom. The third kappa shape index (κ3) is 4.97. The summed E-state index contributed by atoms with van der Waals surface area (Å²) >= 11 is 0. The van der Waals surface area contributed by atoms with Gasteiger partial charge in [-0.25, -0.2) is 4.79 Å². The fourth-order valence-electron chi connectivity index (χ4n) is 5.19. The monoisotopic (exact) mass is 546 g/mol. The molecule has 0 radical (unpaired) electrons. The first-order valence-electron chi connectivity index (χ1n) is 13.9. The van der Waals surface area contributed by atoms with E-state index < -0.39 is 56.3 Å². The quantitative estimate of drug-likeness (QED) is 0.185. The molecule has 2 heterocycles. The van der Waals surface area contributed by atoms with Crippen molar-refractivity contribution in [3.63, 3.8) is 0 Å².